The van der Waals surface area contributed by atoms with E-state index in [-0.39, 0.29) is 12.5 Å². The van der Waals surface area contributed by atoms with Crippen molar-refractivity contribution in [2.75, 3.05) is 18.4 Å². The van der Waals surface area contributed by atoms with Crippen molar-refractivity contribution in [3.63, 3.8) is 0 Å². The number of carboxylic acid groups (broad SMARTS) is 1. The summed E-state index contributed by atoms with van der Waals surface area (Å²) in [6.45, 7) is 9.39. The van der Waals surface area contributed by atoms with E-state index in [1.165, 1.54) is 5.56 Å². The van der Waals surface area contributed by atoms with E-state index >= 15 is 0 Å². The molecule has 0 aliphatic rings. The van der Waals surface area contributed by atoms with Gasteiger partial charge in [0, 0.05) is 24.7 Å². The zero-order chi connectivity index (χ0) is 15.0. The van der Waals surface area contributed by atoms with Gasteiger partial charge in [0.25, 0.3) is 0 Å². The number of hydrogen-bond acceptors (Lipinski definition) is 3. The highest BCUT2D eigenvalue weighted by molar-refractivity contribution is 5.66. The van der Waals surface area contributed by atoms with Crippen LogP contribution in [0.4, 0.5) is 5.69 Å². The summed E-state index contributed by atoms with van der Waals surface area (Å²) in [4.78, 5) is 12.9. The van der Waals surface area contributed by atoms with Crippen LogP contribution in [-0.4, -0.2) is 35.1 Å². The fraction of sp³-hybridized carbons (Fsp3) is 0.562. The summed E-state index contributed by atoms with van der Waals surface area (Å²) < 4.78 is 0. The van der Waals surface area contributed by atoms with Crippen LogP contribution in [0.1, 0.15) is 39.2 Å². The van der Waals surface area contributed by atoms with Crippen LogP contribution in [0.25, 0.3) is 0 Å². The van der Waals surface area contributed by atoms with Gasteiger partial charge in [0.15, 0.2) is 0 Å². The second kappa shape index (κ2) is 8.59. The summed E-state index contributed by atoms with van der Waals surface area (Å²) in [6.07, 6.45) is 0.836. The van der Waals surface area contributed by atoms with Crippen molar-refractivity contribution in [3.05, 3.63) is 29.8 Å². The molecule has 1 atom stereocenters. The van der Waals surface area contributed by atoms with Gasteiger partial charge in [-0.3, -0.25) is 9.69 Å². The maximum atomic E-state index is 10.6. The minimum Gasteiger partial charge on any atom is -0.481 e. The molecule has 0 aliphatic carbocycles. The van der Waals surface area contributed by atoms with Gasteiger partial charge in [-0.15, -0.1) is 0 Å². The van der Waals surface area contributed by atoms with E-state index in [0.29, 0.717) is 6.42 Å². The molecule has 0 spiro atoms. The molecule has 1 aromatic carbocycles. The van der Waals surface area contributed by atoms with Crippen molar-refractivity contribution in [3.8, 4) is 0 Å². The number of nitrogens with one attached hydrogen (secondary N) is 1. The van der Waals surface area contributed by atoms with E-state index in [1.807, 2.05) is 19.1 Å². The normalized spacial score (nSPS) is 12.4. The molecule has 4 nitrogen and oxygen atoms in total. The summed E-state index contributed by atoms with van der Waals surface area (Å²) in [5.41, 5.74) is 2.34. The van der Waals surface area contributed by atoms with Crippen molar-refractivity contribution in [2.45, 2.75) is 46.2 Å². The highest BCUT2D eigenvalue weighted by Gasteiger charge is 2.06. The lowest BCUT2D eigenvalue weighted by atomic mass is 10.1. The van der Waals surface area contributed by atoms with E-state index in [2.05, 4.69) is 36.2 Å². The molecule has 0 bridgehead atoms. The lowest BCUT2D eigenvalue weighted by Crippen LogP contribution is -2.22. The molecule has 0 saturated heterocycles. The van der Waals surface area contributed by atoms with Crippen LogP contribution >= 0.6 is 0 Å². The second-order valence-corrected chi connectivity index (χ2v) is 5.14. The van der Waals surface area contributed by atoms with Gasteiger partial charge in [0.2, 0.25) is 0 Å². The first-order valence-corrected chi connectivity index (χ1v) is 7.34. The van der Waals surface area contributed by atoms with E-state index in [9.17, 15) is 4.79 Å². The number of anilines is 1. The molecule has 0 saturated carbocycles. The van der Waals surface area contributed by atoms with Crippen molar-refractivity contribution >= 4 is 11.7 Å². The minimum absolute atomic E-state index is 0.162. The zero-order valence-corrected chi connectivity index (χ0v) is 12.7. The first-order valence-electron chi connectivity index (χ1n) is 7.34. The van der Waals surface area contributed by atoms with Crippen LogP contribution in [0, 0.1) is 0 Å². The van der Waals surface area contributed by atoms with Crippen LogP contribution in [0.5, 0.6) is 0 Å². The van der Waals surface area contributed by atoms with Crippen molar-refractivity contribution in [1.82, 2.24) is 4.90 Å². The predicted octanol–water partition coefficient (Wildman–Crippen LogP) is 3.19. The Morgan fingerprint density at radius 1 is 1.35 bits per heavy atom. The molecule has 1 rings (SSSR count). The van der Waals surface area contributed by atoms with Crippen LogP contribution in [0.15, 0.2) is 24.3 Å². The molecule has 2 N–H and O–H groups in total. The number of aliphatic carboxylic acids is 1. The number of carboxylic acids is 1. The standard InChI is InChI=1S/C16H26N2O2/c1-4-18(5-2)12-14-7-6-8-15(11-14)17-13(3)9-10-16(19)20/h6-8,11,13,17H,4-5,9-10,12H2,1-3H3,(H,19,20). The zero-order valence-electron chi connectivity index (χ0n) is 12.7. The minimum atomic E-state index is -0.742. The Morgan fingerprint density at radius 3 is 2.65 bits per heavy atom. The molecule has 0 fully saturated rings. The van der Waals surface area contributed by atoms with Crippen LogP contribution < -0.4 is 5.32 Å². The molecule has 0 aliphatic heterocycles. The van der Waals surface area contributed by atoms with Gasteiger partial charge in [-0.1, -0.05) is 26.0 Å². The fourth-order valence-corrected chi connectivity index (χ4v) is 2.16. The maximum absolute atomic E-state index is 10.6. The fourth-order valence-electron chi connectivity index (χ4n) is 2.16. The highest BCUT2D eigenvalue weighted by atomic mass is 16.4. The number of hydrogen-bond donors (Lipinski definition) is 2. The topological polar surface area (TPSA) is 52.6 Å². The monoisotopic (exact) mass is 278 g/mol. The van der Waals surface area contributed by atoms with Gasteiger partial charge in [-0.2, -0.15) is 0 Å². The molecular weight excluding hydrogens is 252 g/mol. The van der Waals surface area contributed by atoms with Gasteiger partial charge >= 0.3 is 5.97 Å². The van der Waals surface area contributed by atoms with Crippen molar-refractivity contribution in [1.29, 1.82) is 0 Å². The maximum Gasteiger partial charge on any atom is 0.303 e. The van der Waals surface area contributed by atoms with E-state index in [0.717, 1.165) is 25.3 Å². The van der Waals surface area contributed by atoms with Crippen LogP contribution in [-0.2, 0) is 11.3 Å². The average Bonchev–Trinajstić information content (AvgIpc) is 2.43. The summed E-state index contributed by atoms with van der Waals surface area (Å²) in [6, 6.07) is 8.52. The van der Waals surface area contributed by atoms with Gasteiger partial charge in [0.05, 0.1) is 0 Å². The first kappa shape index (κ1) is 16.5. The molecule has 0 aromatic heterocycles. The van der Waals surface area contributed by atoms with Gasteiger partial charge in [-0.25, -0.2) is 0 Å². The van der Waals surface area contributed by atoms with Crippen LogP contribution in [0.2, 0.25) is 0 Å². The first-order chi connectivity index (χ1) is 9.55. The second-order valence-electron chi connectivity index (χ2n) is 5.14. The average molecular weight is 278 g/mol. The number of benzene rings is 1. The van der Waals surface area contributed by atoms with E-state index < -0.39 is 5.97 Å². The number of rotatable bonds is 9. The quantitative estimate of drug-likeness (QED) is 0.728. The van der Waals surface area contributed by atoms with E-state index in [1.54, 1.807) is 0 Å². The lowest BCUT2D eigenvalue weighted by Gasteiger charge is -2.19. The Bertz CT molecular complexity index is 417. The Hall–Kier alpha value is -1.55. The summed E-state index contributed by atoms with van der Waals surface area (Å²) in [5, 5.41) is 12.1. The third-order valence-electron chi connectivity index (χ3n) is 3.43. The number of nitrogens with zero attached hydrogens (tertiary/aromatic N) is 1. The molecule has 1 unspecified atom stereocenters. The van der Waals surface area contributed by atoms with Crippen LogP contribution in [0.3, 0.4) is 0 Å². The van der Waals surface area contributed by atoms with Crippen molar-refractivity contribution < 1.29 is 9.90 Å². The van der Waals surface area contributed by atoms with Gasteiger partial charge in [0.1, 0.15) is 0 Å². The predicted molar refractivity (Wildman–Crippen MR) is 83.0 cm³/mol. The third-order valence-corrected chi connectivity index (χ3v) is 3.43. The molecule has 0 radical (unpaired) electrons. The SMILES string of the molecule is CCN(CC)Cc1cccc(NC(C)CCC(=O)O)c1. The highest BCUT2D eigenvalue weighted by Crippen LogP contribution is 2.15. The van der Waals surface area contributed by atoms with Gasteiger partial charge < -0.3 is 10.4 Å². The Morgan fingerprint density at radius 2 is 2.05 bits per heavy atom. The summed E-state index contributed by atoms with van der Waals surface area (Å²) in [5.74, 6) is -0.742. The molecular formula is C16H26N2O2. The lowest BCUT2D eigenvalue weighted by molar-refractivity contribution is -0.137. The molecule has 20 heavy (non-hydrogen) atoms. The summed E-state index contributed by atoms with van der Waals surface area (Å²) in [7, 11) is 0. The Labute approximate surface area is 121 Å². The smallest absolute Gasteiger partial charge is 0.303 e. The Kier molecular flexibility index (Phi) is 7.09. The molecule has 0 amide bonds. The number of carbonyl (C=O) groups is 1. The van der Waals surface area contributed by atoms with E-state index in [4.69, 9.17) is 5.11 Å². The largest absolute Gasteiger partial charge is 0.481 e. The molecule has 1 aromatic rings. The third kappa shape index (κ3) is 6.06. The van der Waals surface area contributed by atoms with Gasteiger partial charge in [-0.05, 0) is 44.1 Å². The molecule has 112 valence electrons. The summed E-state index contributed by atoms with van der Waals surface area (Å²) >= 11 is 0. The Balaban J connectivity index is 2.56. The van der Waals surface area contributed by atoms with Crippen molar-refractivity contribution in [2.24, 2.45) is 0 Å². The molecule has 4 heteroatoms. The molecule has 0 heterocycles.